The molecule has 6 nitrogen and oxygen atoms in total. The number of aliphatic hydroxyl groups is 1. The average Bonchev–Trinajstić information content (AvgIpc) is 3.14. The van der Waals surface area contributed by atoms with Crippen molar-refractivity contribution < 1.29 is 24.5 Å². The number of ether oxygens (including phenoxy) is 2. The van der Waals surface area contributed by atoms with Gasteiger partial charge in [-0.05, 0) is 24.8 Å². The first kappa shape index (κ1) is 19.8. The largest absolute Gasteiger partial charge is 0.508 e. The fraction of sp³-hybridized carbons (Fsp3) is 0.423. The minimum Gasteiger partial charge on any atom is -0.508 e. The molecule has 1 spiro atoms. The van der Waals surface area contributed by atoms with E-state index in [9.17, 15) is 15.0 Å². The Morgan fingerprint density at radius 3 is 2.88 bits per heavy atom. The van der Waals surface area contributed by atoms with Crippen molar-refractivity contribution >= 4 is 5.78 Å². The highest BCUT2D eigenvalue weighted by Crippen LogP contribution is 2.66. The van der Waals surface area contributed by atoms with Crippen LogP contribution in [0.15, 0.2) is 49.1 Å². The maximum absolute atomic E-state index is 13.1. The number of rotatable bonds is 5. The predicted octanol–water partition coefficient (Wildman–Crippen LogP) is 2.88. The summed E-state index contributed by atoms with van der Waals surface area (Å²) in [6.07, 6.45) is 2.88. The van der Waals surface area contributed by atoms with Gasteiger partial charge in [-0.1, -0.05) is 36.4 Å². The maximum Gasteiger partial charge on any atom is 0.174 e. The lowest BCUT2D eigenvalue weighted by atomic mass is 9.49. The van der Waals surface area contributed by atoms with E-state index in [4.69, 9.17) is 9.47 Å². The molecule has 2 aromatic carbocycles. The van der Waals surface area contributed by atoms with Crippen LogP contribution in [0.3, 0.4) is 0 Å². The molecule has 2 bridgehead atoms. The van der Waals surface area contributed by atoms with Crippen LogP contribution in [0.25, 0.3) is 0 Å². The van der Waals surface area contributed by atoms with Crippen LogP contribution in [0.5, 0.6) is 17.2 Å². The third-order valence-corrected chi connectivity index (χ3v) is 8.06. The van der Waals surface area contributed by atoms with Crippen molar-refractivity contribution in [1.29, 1.82) is 0 Å². The second-order valence-corrected chi connectivity index (χ2v) is 9.46. The number of Topliss-reactive ketones (excluding diaryl/α,β-unsaturated/α-hetero) is 1. The molecule has 0 aromatic heterocycles. The Hall–Kier alpha value is -2.83. The number of hydrogen-bond acceptors (Lipinski definition) is 6. The number of phenols is 1. The van der Waals surface area contributed by atoms with Gasteiger partial charge in [-0.15, -0.1) is 6.58 Å². The molecule has 2 aliphatic carbocycles. The first-order valence-corrected chi connectivity index (χ1v) is 11.3. The van der Waals surface area contributed by atoms with Gasteiger partial charge in [-0.25, -0.2) is 0 Å². The van der Waals surface area contributed by atoms with Crippen LogP contribution in [0.4, 0.5) is 0 Å². The number of nitrogens with zero attached hydrogens (tertiary/aromatic N) is 1. The number of aromatic hydroxyl groups is 1. The highest BCUT2D eigenvalue weighted by Gasteiger charge is 2.73. The van der Waals surface area contributed by atoms with E-state index in [2.05, 4.69) is 11.5 Å². The summed E-state index contributed by atoms with van der Waals surface area (Å²) in [4.78, 5) is 15.3. The van der Waals surface area contributed by atoms with Gasteiger partial charge in [-0.3, -0.25) is 9.69 Å². The van der Waals surface area contributed by atoms with Crippen molar-refractivity contribution in [1.82, 2.24) is 4.90 Å². The average molecular weight is 434 g/mol. The predicted molar refractivity (Wildman–Crippen MR) is 118 cm³/mol. The Balaban J connectivity index is 1.50. The molecule has 1 saturated carbocycles. The number of carbonyl (C=O) groups excluding carboxylic acids is 1. The number of ketones is 1. The zero-order valence-corrected chi connectivity index (χ0v) is 17.9. The lowest BCUT2D eigenvalue weighted by Crippen LogP contribution is -2.76. The quantitative estimate of drug-likeness (QED) is 0.706. The van der Waals surface area contributed by atoms with Crippen LogP contribution >= 0.6 is 0 Å². The molecule has 0 radical (unpaired) electrons. The maximum atomic E-state index is 13.1. The SMILES string of the molecule is C=CCN1CC[C@]23c4c5c(O)cc(OCc6ccccc6)c4O[C@H]2C(=O)CC[C@@]3(O)[C@H]1C5. The van der Waals surface area contributed by atoms with Gasteiger partial charge in [0.25, 0.3) is 0 Å². The fourth-order valence-electron chi connectivity index (χ4n) is 6.69. The van der Waals surface area contributed by atoms with E-state index in [0.717, 1.165) is 23.2 Å². The number of piperidine rings is 1. The molecule has 0 unspecified atom stereocenters. The molecule has 1 saturated heterocycles. The van der Waals surface area contributed by atoms with Crippen molar-refractivity contribution in [2.24, 2.45) is 0 Å². The van der Waals surface area contributed by atoms with Crippen molar-refractivity contribution in [3.63, 3.8) is 0 Å². The summed E-state index contributed by atoms with van der Waals surface area (Å²) in [6.45, 7) is 5.59. The van der Waals surface area contributed by atoms with Crippen molar-refractivity contribution in [2.75, 3.05) is 13.1 Å². The summed E-state index contributed by atoms with van der Waals surface area (Å²) in [5.41, 5.74) is 0.603. The van der Waals surface area contributed by atoms with E-state index >= 15 is 0 Å². The third kappa shape index (κ3) is 2.39. The number of hydrogen-bond donors (Lipinski definition) is 2. The summed E-state index contributed by atoms with van der Waals surface area (Å²) < 4.78 is 12.4. The molecule has 2 fully saturated rings. The van der Waals surface area contributed by atoms with Crippen LogP contribution in [0.2, 0.25) is 0 Å². The Morgan fingerprint density at radius 1 is 1.28 bits per heavy atom. The van der Waals surface area contributed by atoms with E-state index in [-0.39, 0.29) is 24.0 Å². The van der Waals surface area contributed by atoms with Gasteiger partial charge in [0, 0.05) is 42.7 Å². The molecule has 4 atom stereocenters. The van der Waals surface area contributed by atoms with E-state index in [0.29, 0.717) is 43.9 Å². The van der Waals surface area contributed by atoms with Gasteiger partial charge < -0.3 is 19.7 Å². The molecule has 2 N–H and O–H groups in total. The molecule has 2 heterocycles. The van der Waals surface area contributed by atoms with Crippen molar-refractivity contribution in [2.45, 2.75) is 55.5 Å². The van der Waals surface area contributed by atoms with E-state index in [1.807, 2.05) is 36.4 Å². The highest BCUT2D eigenvalue weighted by molar-refractivity contribution is 5.90. The van der Waals surface area contributed by atoms with Gasteiger partial charge >= 0.3 is 0 Å². The molecule has 32 heavy (non-hydrogen) atoms. The smallest absolute Gasteiger partial charge is 0.174 e. The molecule has 6 heteroatoms. The van der Waals surface area contributed by atoms with E-state index < -0.39 is 17.1 Å². The van der Waals surface area contributed by atoms with Crippen LogP contribution in [-0.2, 0) is 23.2 Å². The van der Waals surface area contributed by atoms with Crippen molar-refractivity contribution in [3.8, 4) is 17.2 Å². The first-order valence-electron chi connectivity index (χ1n) is 11.3. The zero-order chi connectivity index (χ0) is 22.1. The Bertz CT molecular complexity index is 1110. The van der Waals surface area contributed by atoms with Crippen LogP contribution < -0.4 is 9.47 Å². The summed E-state index contributed by atoms with van der Waals surface area (Å²) in [5.74, 6) is 1.10. The minimum absolute atomic E-state index is 0.0168. The Labute approximate surface area is 187 Å². The van der Waals surface area contributed by atoms with Crippen molar-refractivity contribution in [3.05, 3.63) is 65.7 Å². The summed E-state index contributed by atoms with van der Waals surface area (Å²) in [5, 5.41) is 23.2. The molecular weight excluding hydrogens is 406 g/mol. The Morgan fingerprint density at radius 2 is 2.09 bits per heavy atom. The summed E-state index contributed by atoms with van der Waals surface area (Å²) in [7, 11) is 0. The lowest BCUT2D eigenvalue weighted by molar-refractivity contribution is -0.187. The van der Waals surface area contributed by atoms with Gasteiger partial charge in [-0.2, -0.15) is 0 Å². The van der Waals surface area contributed by atoms with Crippen LogP contribution in [-0.4, -0.2) is 51.7 Å². The molecule has 2 aliphatic heterocycles. The molecule has 4 aliphatic rings. The second-order valence-electron chi connectivity index (χ2n) is 9.46. The van der Waals surface area contributed by atoms with E-state index in [1.54, 1.807) is 6.07 Å². The minimum atomic E-state index is -1.10. The van der Waals surface area contributed by atoms with Gasteiger partial charge in [0.05, 0.1) is 11.0 Å². The zero-order valence-electron chi connectivity index (χ0n) is 17.9. The fourth-order valence-corrected chi connectivity index (χ4v) is 6.69. The van der Waals surface area contributed by atoms with E-state index in [1.165, 1.54) is 0 Å². The van der Waals surface area contributed by atoms with Gasteiger partial charge in [0.1, 0.15) is 12.4 Å². The molecule has 6 rings (SSSR count). The van der Waals surface area contributed by atoms with Gasteiger partial charge in [0.15, 0.2) is 23.4 Å². The summed E-state index contributed by atoms with van der Waals surface area (Å²) >= 11 is 0. The Kier molecular flexibility index (Phi) is 4.23. The molecule has 2 aromatic rings. The third-order valence-electron chi connectivity index (χ3n) is 8.06. The monoisotopic (exact) mass is 433 g/mol. The van der Waals surface area contributed by atoms with Crippen LogP contribution in [0, 0.1) is 0 Å². The number of likely N-dealkylation sites (tertiary alicyclic amines) is 1. The van der Waals surface area contributed by atoms with Crippen LogP contribution in [0.1, 0.15) is 36.0 Å². The number of benzene rings is 2. The number of carbonyl (C=O) groups is 1. The normalized spacial score (nSPS) is 32.2. The van der Waals surface area contributed by atoms with Gasteiger partial charge in [0.2, 0.25) is 0 Å². The summed E-state index contributed by atoms with van der Waals surface area (Å²) in [6, 6.07) is 11.2. The molecule has 166 valence electrons. The molecular formula is C26H27NO5. The highest BCUT2D eigenvalue weighted by atomic mass is 16.5. The first-order chi connectivity index (χ1) is 15.5. The standard InChI is InChI=1S/C26H27NO5/c1-2-11-27-12-10-25-22-17-13-21(27)26(25,30)9-8-18(28)24(25)32-23(22)20(14-19(17)29)31-15-16-6-4-3-5-7-16/h2-7,14,21,24,29-30H,1,8-13,15H2/t21-,24+,25+,26-/m1/s1. The lowest BCUT2D eigenvalue weighted by Gasteiger charge is -2.62. The topological polar surface area (TPSA) is 79.2 Å². The second kappa shape index (κ2) is 6.83. The molecule has 0 amide bonds. The number of phenolic OH excluding ortho intramolecular Hbond substituents is 1.